The normalized spacial score (nSPS) is 23.2. The lowest BCUT2D eigenvalue weighted by atomic mass is 10.0. The minimum Gasteiger partial charge on any atom is -0.381 e. The van der Waals surface area contributed by atoms with Gasteiger partial charge in [-0.2, -0.15) is 11.8 Å². The Kier molecular flexibility index (Phi) is 7.49. The van der Waals surface area contributed by atoms with Crippen LogP contribution in [0.1, 0.15) is 33.1 Å². The molecular formula is C12H25NOS. The van der Waals surface area contributed by atoms with Crippen molar-refractivity contribution in [3.8, 4) is 0 Å². The van der Waals surface area contributed by atoms with Crippen LogP contribution in [0.5, 0.6) is 0 Å². The van der Waals surface area contributed by atoms with Gasteiger partial charge in [-0.3, -0.25) is 0 Å². The fourth-order valence-electron chi connectivity index (χ4n) is 1.92. The molecule has 0 aromatic heterocycles. The average Bonchev–Trinajstić information content (AvgIpc) is 2.76. The molecule has 90 valence electrons. The van der Waals surface area contributed by atoms with E-state index in [-0.39, 0.29) is 0 Å². The van der Waals surface area contributed by atoms with Crippen LogP contribution in [0, 0.1) is 5.92 Å². The van der Waals surface area contributed by atoms with Gasteiger partial charge in [0.25, 0.3) is 0 Å². The first-order valence-electron chi connectivity index (χ1n) is 6.27. The third-order valence-electron chi connectivity index (χ3n) is 2.84. The second kappa shape index (κ2) is 8.43. The summed E-state index contributed by atoms with van der Waals surface area (Å²) < 4.78 is 5.48. The summed E-state index contributed by atoms with van der Waals surface area (Å²) in [5.41, 5.74) is 0. The van der Waals surface area contributed by atoms with Gasteiger partial charge in [0.15, 0.2) is 0 Å². The third kappa shape index (κ3) is 5.23. The number of hydrogen-bond donors (Lipinski definition) is 1. The smallest absolute Gasteiger partial charge is 0.0510 e. The van der Waals surface area contributed by atoms with Crippen LogP contribution in [-0.4, -0.2) is 37.3 Å². The average molecular weight is 231 g/mol. The van der Waals surface area contributed by atoms with Crippen molar-refractivity contribution in [2.75, 3.05) is 31.3 Å². The minimum absolute atomic E-state index is 0.670. The van der Waals surface area contributed by atoms with Gasteiger partial charge in [0, 0.05) is 24.3 Å². The Morgan fingerprint density at radius 1 is 1.40 bits per heavy atom. The van der Waals surface area contributed by atoms with Crippen molar-refractivity contribution in [3.05, 3.63) is 0 Å². The monoisotopic (exact) mass is 231 g/mol. The fourth-order valence-corrected chi connectivity index (χ4v) is 3.02. The second-order valence-corrected chi connectivity index (χ2v) is 5.41. The van der Waals surface area contributed by atoms with Crippen molar-refractivity contribution < 1.29 is 4.74 Å². The van der Waals surface area contributed by atoms with E-state index in [2.05, 4.69) is 30.9 Å². The lowest BCUT2D eigenvalue weighted by Crippen LogP contribution is -2.39. The SMILES string of the molecule is CCCNC(CSCCC)C1CCOC1. The largest absolute Gasteiger partial charge is 0.381 e. The molecule has 0 amide bonds. The summed E-state index contributed by atoms with van der Waals surface area (Å²) >= 11 is 2.08. The summed E-state index contributed by atoms with van der Waals surface area (Å²) in [6.45, 7) is 7.56. The molecular weight excluding hydrogens is 206 g/mol. The quantitative estimate of drug-likeness (QED) is 0.649. The number of nitrogens with one attached hydrogen (secondary N) is 1. The Morgan fingerprint density at radius 2 is 2.27 bits per heavy atom. The molecule has 1 aliphatic rings. The Bertz CT molecular complexity index is 149. The van der Waals surface area contributed by atoms with E-state index in [0.717, 1.165) is 25.7 Å². The van der Waals surface area contributed by atoms with E-state index < -0.39 is 0 Å². The van der Waals surface area contributed by atoms with E-state index in [9.17, 15) is 0 Å². The number of rotatable bonds is 8. The van der Waals surface area contributed by atoms with Gasteiger partial charge in [-0.15, -0.1) is 0 Å². The summed E-state index contributed by atoms with van der Waals surface area (Å²) in [7, 11) is 0. The van der Waals surface area contributed by atoms with Crippen LogP contribution in [0.4, 0.5) is 0 Å². The highest BCUT2D eigenvalue weighted by molar-refractivity contribution is 7.99. The van der Waals surface area contributed by atoms with Gasteiger partial charge in [0.1, 0.15) is 0 Å². The molecule has 1 N–H and O–H groups in total. The number of ether oxygens (including phenoxy) is 1. The molecule has 2 nitrogen and oxygen atoms in total. The predicted molar refractivity (Wildman–Crippen MR) is 68.6 cm³/mol. The fraction of sp³-hybridized carbons (Fsp3) is 1.00. The molecule has 0 aliphatic carbocycles. The number of hydrogen-bond acceptors (Lipinski definition) is 3. The van der Waals surface area contributed by atoms with Crippen molar-refractivity contribution in [1.29, 1.82) is 0 Å². The Morgan fingerprint density at radius 3 is 2.87 bits per heavy atom. The maximum Gasteiger partial charge on any atom is 0.0510 e. The van der Waals surface area contributed by atoms with E-state index in [1.165, 1.54) is 30.8 Å². The van der Waals surface area contributed by atoms with E-state index in [1.807, 2.05) is 0 Å². The zero-order valence-electron chi connectivity index (χ0n) is 10.1. The van der Waals surface area contributed by atoms with Gasteiger partial charge in [0.2, 0.25) is 0 Å². The zero-order chi connectivity index (χ0) is 10.9. The van der Waals surface area contributed by atoms with Crippen molar-refractivity contribution in [2.45, 2.75) is 39.2 Å². The Hall–Kier alpha value is 0.270. The predicted octanol–water partition coefficient (Wildman–Crippen LogP) is 2.53. The van der Waals surface area contributed by atoms with Crippen LogP contribution in [0.25, 0.3) is 0 Å². The van der Waals surface area contributed by atoms with Gasteiger partial charge >= 0.3 is 0 Å². The first-order chi connectivity index (χ1) is 7.38. The molecule has 0 radical (unpaired) electrons. The molecule has 2 unspecified atom stereocenters. The van der Waals surface area contributed by atoms with E-state index in [0.29, 0.717) is 6.04 Å². The molecule has 0 spiro atoms. The van der Waals surface area contributed by atoms with Crippen molar-refractivity contribution >= 4 is 11.8 Å². The van der Waals surface area contributed by atoms with Crippen LogP contribution in [0.2, 0.25) is 0 Å². The maximum absolute atomic E-state index is 5.48. The molecule has 0 bridgehead atoms. The molecule has 1 fully saturated rings. The topological polar surface area (TPSA) is 21.3 Å². The van der Waals surface area contributed by atoms with Gasteiger partial charge in [-0.25, -0.2) is 0 Å². The highest BCUT2D eigenvalue weighted by atomic mass is 32.2. The molecule has 0 aromatic carbocycles. The first-order valence-corrected chi connectivity index (χ1v) is 7.42. The van der Waals surface area contributed by atoms with Crippen LogP contribution in [0.15, 0.2) is 0 Å². The molecule has 2 atom stereocenters. The highest BCUT2D eigenvalue weighted by Gasteiger charge is 2.24. The maximum atomic E-state index is 5.48. The van der Waals surface area contributed by atoms with Crippen LogP contribution in [-0.2, 0) is 4.74 Å². The lowest BCUT2D eigenvalue weighted by Gasteiger charge is -2.23. The number of thioether (sulfide) groups is 1. The van der Waals surface area contributed by atoms with Gasteiger partial charge in [-0.1, -0.05) is 13.8 Å². The van der Waals surface area contributed by atoms with Crippen LogP contribution < -0.4 is 5.32 Å². The summed E-state index contributed by atoms with van der Waals surface area (Å²) in [5, 5.41) is 3.67. The van der Waals surface area contributed by atoms with Crippen molar-refractivity contribution in [3.63, 3.8) is 0 Å². The van der Waals surface area contributed by atoms with Gasteiger partial charge < -0.3 is 10.1 Å². The first kappa shape index (κ1) is 13.3. The molecule has 1 heterocycles. The van der Waals surface area contributed by atoms with Crippen LogP contribution in [0.3, 0.4) is 0 Å². The third-order valence-corrected chi connectivity index (χ3v) is 4.13. The zero-order valence-corrected chi connectivity index (χ0v) is 10.9. The molecule has 3 heteroatoms. The lowest BCUT2D eigenvalue weighted by molar-refractivity contribution is 0.179. The standard InChI is InChI=1S/C12H25NOS/c1-3-6-13-12(10-15-8-4-2)11-5-7-14-9-11/h11-13H,3-10H2,1-2H3. The minimum atomic E-state index is 0.670. The summed E-state index contributed by atoms with van der Waals surface area (Å²) in [6.07, 6.45) is 3.75. The second-order valence-electron chi connectivity index (χ2n) is 4.26. The van der Waals surface area contributed by atoms with Gasteiger partial charge in [0.05, 0.1) is 6.61 Å². The van der Waals surface area contributed by atoms with Crippen molar-refractivity contribution in [2.24, 2.45) is 5.92 Å². The van der Waals surface area contributed by atoms with E-state index in [1.54, 1.807) is 0 Å². The van der Waals surface area contributed by atoms with Gasteiger partial charge in [-0.05, 0) is 31.6 Å². The van der Waals surface area contributed by atoms with E-state index >= 15 is 0 Å². The summed E-state index contributed by atoms with van der Waals surface area (Å²) in [5.74, 6) is 3.29. The molecule has 0 saturated carbocycles. The molecule has 1 rings (SSSR count). The Balaban J connectivity index is 2.23. The Labute approximate surface area is 98.5 Å². The van der Waals surface area contributed by atoms with Crippen molar-refractivity contribution in [1.82, 2.24) is 5.32 Å². The summed E-state index contributed by atoms with van der Waals surface area (Å²) in [4.78, 5) is 0. The molecule has 0 aromatic rings. The van der Waals surface area contributed by atoms with Crippen LogP contribution >= 0.6 is 11.8 Å². The van der Waals surface area contributed by atoms with E-state index in [4.69, 9.17) is 4.74 Å². The molecule has 1 aliphatic heterocycles. The molecule has 1 saturated heterocycles. The highest BCUT2D eigenvalue weighted by Crippen LogP contribution is 2.20. The molecule has 15 heavy (non-hydrogen) atoms. The summed E-state index contributed by atoms with van der Waals surface area (Å²) in [6, 6.07) is 0.670.